The molecular weight excluding hydrogens is 378 g/mol. The van der Waals surface area contributed by atoms with Crippen LogP contribution in [0.1, 0.15) is 40.9 Å². The molecule has 1 aliphatic rings. The minimum Gasteiger partial charge on any atom is -0.357 e. The molecule has 4 aromatic rings. The van der Waals surface area contributed by atoms with E-state index in [-0.39, 0.29) is 5.91 Å². The molecule has 5 rings (SSSR count). The second-order valence-corrected chi connectivity index (χ2v) is 8.88. The number of carbonyl (C=O) groups is 1. The number of H-pyrrole nitrogens is 1. The third kappa shape index (κ3) is 3.93. The number of aromatic nitrogens is 1. The molecule has 2 aromatic heterocycles. The van der Waals surface area contributed by atoms with Gasteiger partial charge in [-0.15, -0.1) is 11.3 Å². The summed E-state index contributed by atoms with van der Waals surface area (Å²) in [6.45, 7) is 2.51. The Bertz CT molecular complexity index is 1160. The largest absolute Gasteiger partial charge is 0.357 e. The quantitative estimate of drug-likeness (QED) is 0.397. The minimum atomic E-state index is -0.0186. The van der Waals surface area contributed by atoms with Crippen molar-refractivity contribution in [2.75, 3.05) is 6.54 Å². The van der Waals surface area contributed by atoms with Gasteiger partial charge in [-0.3, -0.25) is 4.79 Å². The van der Waals surface area contributed by atoms with Crippen molar-refractivity contribution < 1.29 is 4.79 Å². The van der Waals surface area contributed by atoms with E-state index in [1.54, 1.807) is 11.3 Å². The molecule has 0 saturated heterocycles. The number of benzene rings is 2. The van der Waals surface area contributed by atoms with Crippen LogP contribution in [0.15, 0.2) is 53.9 Å². The lowest BCUT2D eigenvalue weighted by atomic mass is 9.85. The highest BCUT2D eigenvalue weighted by atomic mass is 32.1. The predicted octanol–water partition coefficient (Wildman–Crippen LogP) is 5.20. The average Bonchev–Trinajstić information content (AvgIpc) is 3.31. The molecule has 148 valence electrons. The van der Waals surface area contributed by atoms with E-state index in [0.717, 1.165) is 45.7 Å². The van der Waals surface area contributed by atoms with Gasteiger partial charge in [-0.2, -0.15) is 0 Å². The van der Waals surface area contributed by atoms with Gasteiger partial charge in [-0.05, 0) is 54.5 Å². The third-order valence-corrected chi connectivity index (χ3v) is 6.86. The summed E-state index contributed by atoms with van der Waals surface area (Å²) in [6, 6.07) is 16.6. The zero-order chi connectivity index (χ0) is 19.6. The van der Waals surface area contributed by atoms with E-state index < -0.39 is 0 Å². The Morgan fingerprint density at radius 2 is 2.00 bits per heavy atom. The van der Waals surface area contributed by atoms with E-state index in [9.17, 15) is 4.79 Å². The van der Waals surface area contributed by atoms with Crippen LogP contribution in [0.2, 0.25) is 0 Å². The molecule has 0 radical (unpaired) electrons. The molecule has 0 bridgehead atoms. The fraction of sp³-hybridized carbons (Fsp3) is 0.292. The Morgan fingerprint density at radius 3 is 2.86 bits per heavy atom. The molecule has 3 N–H and O–H groups in total. The predicted molar refractivity (Wildman–Crippen MR) is 120 cm³/mol. The van der Waals surface area contributed by atoms with Crippen molar-refractivity contribution in [3.63, 3.8) is 0 Å². The third-order valence-electron chi connectivity index (χ3n) is 5.89. The highest BCUT2D eigenvalue weighted by molar-refractivity contribution is 7.17. The van der Waals surface area contributed by atoms with Crippen molar-refractivity contribution in [1.29, 1.82) is 0 Å². The SMILES string of the molecule is O=C(NCc1ccc2cc(CNCC3CCC3)[nH]c2c1)c1csc2ccccc12. The molecule has 5 heteroatoms. The van der Waals surface area contributed by atoms with Crippen molar-refractivity contribution in [2.45, 2.75) is 32.4 Å². The molecule has 1 aliphatic carbocycles. The molecule has 1 amide bonds. The van der Waals surface area contributed by atoms with Crippen LogP contribution in [0, 0.1) is 5.92 Å². The van der Waals surface area contributed by atoms with Crippen molar-refractivity contribution in [3.8, 4) is 0 Å². The number of nitrogens with one attached hydrogen (secondary N) is 3. The van der Waals surface area contributed by atoms with Crippen LogP contribution >= 0.6 is 11.3 Å². The Balaban J connectivity index is 1.22. The lowest BCUT2D eigenvalue weighted by Crippen LogP contribution is -2.26. The van der Waals surface area contributed by atoms with Crippen molar-refractivity contribution in [2.24, 2.45) is 5.92 Å². The first-order valence-corrected chi connectivity index (χ1v) is 11.2. The van der Waals surface area contributed by atoms with Gasteiger partial charge in [0.1, 0.15) is 0 Å². The molecule has 1 saturated carbocycles. The highest BCUT2D eigenvalue weighted by Gasteiger charge is 2.16. The van der Waals surface area contributed by atoms with Gasteiger partial charge in [0, 0.05) is 39.8 Å². The highest BCUT2D eigenvalue weighted by Crippen LogP contribution is 2.26. The smallest absolute Gasteiger partial charge is 0.253 e. The van der Waals surface area contributed by atoms with Gasteiger partial charge in [0.15, 0.2) is 0 Å². The summed E-state index contributed by atoms with van der Waals surface area (Å²) in [7, 11) is 0. The fourth-order valence-corrected chi connectivity index (χ4v) is 4.92. The Morgan fingerprint density at radius 1 is 1.10 bits per heavy atom. The van der Waals surface area contributed by atoms with Crippen LogP contribution in [0.25, 0.3) is 21.0 Å². The topological polar surface area (TPSA) is 56.9 Å². The number of fused-ring (bicyclic) bond motifs is 2. The second-order valence-electron chi connectivity index (χ2n) is 7.97. The summed E-state index contributed by atoms with van der Waals surface area (Å²) in [5.74, 6) is 0.852. The monoisotopic (exact) mass is 403 g/mol. The van der Waals surface area contributed by atoms with Crippen molar-refractivity contribution >= 4 is 38.2 Å². The maximum absolute atomic E-state index is 12.6. The first-order valence-electron chi connectivity index (χ1n) is 10.3. The molecule has 0 aliphatic heterocycles. The van der Waals surface area contributed by atoms with Gasteiger partial charge in [0.25, 0.3) is 5.91 Å². The van der Waals surface area contributed by atoms with Crippen LogP contribution in [-0.4, -0.2) is 17.4 Å². The summed E-state index contributed by atoms with van der Waals surface area (Å²) in [6.07, 6.45) is 4.13. The maximum atomic E-state index is 12.6. The number of aromatic amines is 1. The zero-order valence-corrected chi connectivity index (χ0v) is 17.1. The van der Waals surface area contributed by atoms with Crippen LogP contribution in [-0.2, 0) is 13.1 Å². The molecule has 0 unspecified atom stereocenters. The van der Waals surface area contributed by atoms with Crippen molar-refractivity contribution in [1.82, 2.24) is 15.6 Å². The molecule has 1 fully saturated rings. The first kappa shape index (κ1) is 18.4. The summed E-state index contributed by atoms with van der Waals surface area (Å²) in [5, 5.41) is 10.8. The second kappa shape index (κ2) is 8.01. The first-order chi connectivity index (χ1) is 14.3. The average molecular weight is 404 g/mol. The van der Waals surface area contributed by atoms with E-state index in [1.165, 1.54) is 30.3 Å². The van der Waals surface area contributed by atoms with Gasteiger partial charge < -0.3 is 15.6 Å². The number of thiophene rings is 1. The van der Waals surface area contributed by atoms with E-state index in [0.29, 0.717) is 6.54 Å². The summed E-state index contributed by atoms with van der Waals surface area (Å²) < 4.78 is 1.14. The standard InChI is InChI=1S/C24H25N3OS/c28-24(21-15-29-23-7-2-1-6-20(21)23)26-13-17-8-9-18-11-19(27-22(18)10-17)14-25-12-16-4-3-5-16/h1-2,6-11,15-16,25,27H,3-5,12-14H2,(H,26,28). The number of rotatable bonds is 7. The van der Waals surface area contributed by atoms with Gasteiger partial charge in [-0.1, -0.05) is 36.8 Å². The number of hydrogen-bond acceptors (Lipinski definition) is 3. The Kier molecular flexibility index (Phi) is 5.08. The molecule has 0 atom stereocenters. The molecular formula is C24H25N3OS. The van der Waals surface area contributed by atoms with Crippen LogP contribution in [0.3, 0.4) is 0 Å². The molecule has 2 aromatic carbocycles. The Hall–Kier alpha value is -2.63. The van der Waals surface area contributed by atoms with Crippen LogP contribution in [0.4, 0.5) is 0 Å². The molecule has 0 spiro atoms. The lowest BCUT2D eigenvalue weighted by molar-refractivity contribution is 0.0953. The van der Waals surface area contributed by atoms with Gasteiger partial charge in [-0.25, -0.2) is 0 Å². The zero-order valence-electron chi connectivity index (χ0n) is 16.3. The maximum Gasteiger partial charge on any atom is 0.253 e. The van der Waals surface area contributed by atoms with Crippen LogP contribution < -0.4 is 10.6 Å². The summed E-state index contributed by atoms with van der Waals surface area (Å²) >= 11 is 1.61. The molecule has 2 heterocycles. The van der Waals surface area contributed by atoms with Crippen molar-refractivity contribution in [3.05, 3.63) is 70.7 Å². The fourth-order valence-electron chi connectivity index (χ4n) is 3.98. The summed E-state index contributed by atoms with van der Waals surface area (Å²) in [5.41, 5.74) is 4.19. The number of carbonyl (C=O) groups excluding carboxylic acids is 1. The van der Waals surface area contributed by atoms with E-state index >= 15 is 0 Å². The number of hydrogen-bond donors (Lipinski definition) is 3. The molecule has 4 nitrogen and oxygen atoms in total. The van der Waals surface area contributed by atoms with Gasteiger partial charge >= 0.3 is 0 Å². The normalized spacial score (nSPS) is 14.3. The lowest BCUT2D eigenvalue weighted by Gasteiger charge is -2.25. The van der Waals surface area contributed by atoms with E-state index in [1.807, 2.05) is 23.6 Å². The number of amides is 1. The van der Waals surface area contributed by atoms with E-state index in [4.69, 9.17) is 0 Å². The summed E-state index contributed by atoms with van der Waals surface area (Å²) in [4.78, 5) is 16.2. The Labute approximate surface area is 174 Å². The van der Waals surface area contributed by atoms with E-state index in [2.05, 4.69) is 45.9 Å². The van der Waals surface area contributed by atoms with Crippen LogP contribution in [0.5, 0.6) is 0 Å². The van der Waals surface area contributed by atoms with Gasteiger partial charge in [0.05, 0.1) is 5.56 Å². The van der Waals surface area contributed by atoms with Gasteiger partial charge in [0.2, 0.25) is 0 Å². The molecule has 29 heavy (non-hydrogen) atoms. The minimum absolute atomic E-state index is 0.0186.